The van der Waals surface area contributed by atoms with Gasteiger partial charge in [-0.15, -0.1) is 0 Å². The minimum atomic E-state index is -1.79. The number of rotatable bonds is 4. The van der Waals surface area contributed by atoms with E-state index in [-0.39, 0.29) is 0 Å². The number of Topliss-reactive ketones (excluding diaryl/α,β-unsaturated/α-hetero) is 1. The molecule has 1 unspecified atom stereocenters. The van der Waals surface area contributed by atoms with E-state index in [0.717, 1.165) is 10.9 Å². The van der Waals surface area contributed by atoms with Crippen molar-refractivity contribution in [2.75, 3.05) is 0 Å². The van der Waals surface area contributed by atoms with Crippen molar-refractivity contribution >= 4 is 17.7 Å². The molecule has 0 radical (unpaired) electrons. The summed E-state index contributed by atoms with van der Waals surface area (Å²) in [5.41, 5.74) is 0. The predicted octanol–water partition coefficient (Wildman–Crippen LogP) is -0.838. The third kappa shape index (κ3) is 1.76. The Kier molecular flexibility index (Phi) is 2.61. The molecule has 1 heterocycles. The maximum Gasteiger partial charge on any atom is 0.375 e. The van der Waals surface area contributed by atoms with E-state index in [0.29, 0.717) is 0 Å². The van der Waals surface area contributed by atoms with Crippen molar-refractivity contribution in [3.05, 3.63) is 18.7 Å². The van der Waals surface area contributed by atoms with Crippen molar-refractivity contribution in [1.82, 2.24) is 9.55 Å². The van der Waals surface area contributed by atoms with Gasteiger partial charge in [0.25, 0.3) is 5.78 Å². The van der Waals surface area contributed by atoms with Gasteiger partial charge in [-0.25, -0.2) is 14.6 Å². The van der Waals surface area contributed by atoms with Gasteiger partial charge in [0, 0.05) is 12.4 Å². The molecule has 0 saturated carbocycles. The number of aromatic nitrogens is 2. The highest BCUT2D eigenvalue weighted by molar-refractivity contribution is 6.37. The Morgan fingerprint density at radius 3 is 2.29 bits per heavy atom. The molecule has 0 bridgehead atoms. The van der Waals surface area contributed by atoms with Gasteiger partial charge in [-0.2, -0.15) is 0 Å². The number of imidazole rings is 1. The van der Waals surface area contributed by atoms with E-state index in [1.165, 1.54) is 12.4 Å². The van der Waals surface area contributed by atoms with Crippen LogP contribution >= 0.6 is 0 Å². The molecule has 1 rings (SSSR count). The van der Waals surface area contributed by atoms with Crippen LogP contribution in [0.4, 0.5) is 0 Å². The summed E-state index contributed by atoms with van der Waals surface area (Å²) in [7, 11) is 0. The minimum Gasteiger partial charge on any atom is -0.479 e. The summed E-state index contributed by atoms with van der Waals surface area (Å²) in [6.45, 7) is 0. The zero-order valence-corrected chi connectivity index (χ0v) is 6.82. The molecule has 0 fully saturated rings. The summed E-state index contributed by atoms with van der Waals surface area (Å²) in [5.74, 6) is -4.72. The molecule has 0 aliphatic rings. The number of hydrogen-bond donors (Lipinski definition) is 2. The Morgan fingerprint density at radius 1 is 1.29 bits per heavy atom. The van der Waals surface area contributed by atoms with Crippen LogP contribution in [-0.2, 0) is 14.4 Å². The maximum atomic E-state index is 11.0. The van der Waals surface area contributed by atoms with Crippen LogP contribution < -0.4 is 0 Å². The van der Waals surface area contributed by atoms with Crippen molar-refractivity contribution in [2.45, 2.75) is 6.04 Å². The molecule has 1 aromatic heterocycles. The van der Waals surface area contributed by atoms with Crippen LogP contribution in [0.15, 0.2) is 18.7 Å². The Morgan fingerprint density at radius 2 is 1.93 bits per heavy atom. The molecule has 0 spiro atoms. The molecule has 14 heavy (non-hydrogen) atoms. The lowest BCUT2D eigenvalue weighted by Gasteiger charge is -2.08. The fraction of sp³-hybridized carbons (Fsp3) is 0.143. The average molecular weight is 198 g/mol. The summed E-state index contributed by atoms with van der Waals surface area (Å²) in [5, 5.41) is 17.0. The Balaban J connectivity index is 3.03. The van der Waals surface area contributed by atoms with Gasteiger partial charge in [0.2, 0.25) is 6.04 Å². The first kappa shape index (κ1) is 9.90. The molecule has 0 aromatic carbocycles. The van der Waals surface area contributed by atoms with E-state index >= 15 is 0 Å². The first-order chi connectivity index (χ1) is 6.54. The summed E-state index contributed by atoms with van der Waals surface area (Å²) in [4.78, 5) is 35.4. The van der Waals surface area contributed by atoms with Crippen LogP contribution in [0, 0.1) is 0 Å². The van der Waals surface area contributed by atoms with E-state index in [9.17, 15) is 14.4 Å². The molecule has 7 nitrogen and oxygen atoms in total. The van der Waals surface area contributed by atoms with Crippen LogP contribution in [0.3, 0.4) is 0 Å². The molecular formula is C7H6N2O5. The molecule has 0 amide bonds. The van der Waals surface area contributed by atoms with E-state index in [1.54, 1.807) is 0 Å². The molecule has 74 valence electrons. The fourth-order valence-corrected chi connectivity index (χ4v) is 0.914. The fourth-order valence-electron chi connectivity index (χ4n) is 0.914. The Hall–Kier alpha value is -2.18. The number of carboxylic acid groups (broad SMARTS) is 2. The van der Waals surface area contributed by atoms with Crippen molar-refractivity contribution in [3.63, 3.8) is 0 Å². The highest BCUT2D eigenvalue weighted by Gasteiger charge is 2.32. The second-order valence-corrected chi connectivity index (χ2v) is 2.42. The van der Waals surface area contributed by atoms with Crippen LogP contribution in [0.5, 0.6) is 0 Å². The van der Waals surface area contributed by atoms with Gasteiger partial charge in [0.05, 0.1) is 6.33 Å². The summed E-state index contributed by atoms with van der Waals surface area (Å²) in [6.07, 6.45) is 3.53. The van der Waals surface area contributed by atoms with Gasteiger partial charge in [-0.1, -0.05) is 0 Å². The highest BCUT2D eigenvalue weighted by Crippen LogP contribution is 2.07. The Labute approximate surface area is 77.6 Å². The van der Waals surface area contributed by atoms with Gasteiger partial charge in [-0.3, -0.25) is 4.79 Å². The molecule has 2 N–H and O–H groups in total. The number of aliphatic carboxylic acids is 2. The predicted molar refractivity (Wildman–Crippen MR) is 41.5 cm³/mol. The van der Waals surface area contributed by atoms with Gasteiger partial charge in [0.1, 0.15) is 0 Å². The van der Waals surface area contributed by atoms with Crippen LogP contribution in [0.25, 0.3) is 0 Å². The lowest BCUT2D eigenvalue weighted by atomic mass is 10.2. The third-order valence-corrected chi connectivity index (χ3v) is 1.52. The molecule has 0 aliphatic heterocycles. The van der Waals surface area contributed by atoms with Gasteiger partial charge >= 0.3 is 11.9 Å². The third-order valence-electron chi connectivity index (χ3n) is 1.52. The van der Waals surface area contributed by atoms with Crippen molar-refractivity contribution in [1.29, 1.82) is 0 Å². The normalized spacial score (nSPS) is 12.0. The topological polar surface area (TPSA) is 109 Å². The summed E-state index contributed by atoms with van der Waals surface area (Å²) in [6, 6.07) is -1.75. The minimum absolute atomic E-state index is 0.915. The number of nitrogens with zero attached hydrogens (tertiary/aromatic N) is 2. The molecular weight excluding hydrogens is 192 g/mol. The Bertz CT molecular complexity index is 369. The van der Waals surface area contributed by atoms with Crippen LogP contribution in [0.2, 0.25) is 0 Å². The largest absolute Gasteiger partial charge is 0.479 e. The molecule has 1 aromatic rings. The lowest BCUT2D eigenvalue weighted by Crippen LogP contribution is -2.31. The number of ketones is 1. The molecule has 1 atom stereocenters. The van der Waals surface area contributed by atoms with Crippen LogP contribution in [-0.4, -0.2) is 37.5 Å². The summed E-state index contributed by atoms with van der Waals surface area (Å²) >= 11 is 0. The number of carboxylic acids is 2. The lowest BCUT2D eigenvalue weighted by molar-refractivity contribution is -0.156. The van der Waals surface area contributed by atoms with E-state index in [1.807, 2.05) is 0 Å². The second kappa shape index (κ2) is 3.69. The smallest absolute Gasteiger partial charge is 0.375 e. The van der Waals surface area contributed by atoms with Crippen molar-refractivity contribution in [2.24, 2.45) is 0 Å². The zero-order chi connectivity index (χ0) is 10.7. The van der Waals surface area contributed by atoms with E-state index in [4.69, 9.17) is 10.2 Å². The second-order valence-electron chi connectivity index (χ2n) is 2.42. The monoisotopic (exact) mass is 198 g/mol. The molecule has 0 aliphatic carbocycles. The van der Waals surface area contributed by atoms with Gasteiger partial charge < -0.3 is 14.8 Å². The van der Waals surface area contributed by atoms with Crippen LogP contribution in [0.1, 0.15) is 6.04 Å². The summed E-state index contributed by atoms with van der Waals surface area (Å²) < 4.78 is 0.915. The van der Waals surface area contributed by atoms with E-state index in [2.05, 4.69) is 4.98 Å². The number of hydrogen-bond acceptors (Lipinski definition) is 4. The molecule has 7 heteroatoms. The highest BCUT2D eigenvalue weighted by atomic mass is 16.4. The zero-order valence-electron chi connectivity index (χ0n) is 6.82. The van der Waals surface area contributed by atoms with Gasteiger partial charge in [-0.05, 0) is 0 Å². The quantitative estimate of drug-likeness (QED) is 0.482. The van der Waals surface area contributed by atoms with Gasteiger partial charge in [0.15, 0.2) is 0 Å². The molecule has 0 saturated heterocycles. The first-order valence-electron chi connectivity index (χ1n) is 3.51. The standard InChI is InChI=1S/C7H6N2O5/c10-5(7(13)14)4(6(11)12)9-2-1-8-3-9/h1-4H,(H,11,12)(H,13,14). The van der Waals surface area contributed by atoms with E-state index < -0.39 is 23.8 Å². The number of carbonyl (C=O) groups excluding carboxylic acids is 1. The van der Waals surface area contributed by atoms with Crippen molar-refractivity contribution in [3.8, 4) is 0 Å². The average Bonchev–Trinajstić information content (AvgIpc) is 2.56. The van der Waals surface area contributed by atoms with Crippen molar-refractivity contribution < 1.29 is 24.6 Å². The first-order valence-corrected chi connectivity index (χ1v) is 3.51. The number of carbonyl (C=O) groups is 3. The SMILES string of the molecule is O=C(O)C(=O)C(C(=O)O)n1ccnc1. The maximum absolute atomic E-state index is 11.0.